The maximum absolute atomic E-state index is 12.0. The number of rotatable bonds is 7. The van der Waals surface area contributed by atoms with Gasteiger partial charge in [-0.25, -0.2) is 4.79 Å². The summed E-state index contributed by atoms with van der Waals surface area (Å²) in [5.74, 6) is 0. The summed E-state index contributed by atoms with van der Waals surface area (Å²) in [7, 11) is 0. The summed E-state index contributed by atoms with van der Waals surface area (Å²) in [4.78, 5) is 13.8. The van der Waals surface area contributed by atoms with Crippen LogP contribution in [-0.2, 0) is 4.74 Å². The van der Waals surface area contributed by atoms with Crippen LogP contribution >= 0.6 is 34.5 Å². The molecule has 0 saturated heterocycles. The maximum Gasteiger partial charge on any atom is 0.410 e. The highest BCUT2D eigenvalue weighted by Crippen LogP contribution is 2.34. The summed E-state index contributed by atoms with van der Waals surface area (Å²) in [5, 5.41) is 3.40. The average molecular weight is 381 g/mol. The molecule has 1 atom stereocenters. The molecule has 1 rings (SSSR count). The third kappa shape index (κ3) is 7.29. The number of hydrogen-bond acceptors (Lipinski definition) is 4. The fourth-order valence-electron chi connectivity index (χ4n) is 2.05. The molecule has 1 amide bonds. The molecule has 0 saturated carbocycles. The van der Waals surface area contributed by atoms with Gasteiger partial charge in [-0.2, -0.15) is 0 Å². The Morgan fingerprint density at radius 3 is 2.57 bits per heavy atom. The topological polar surface area (TPSA) is 41.6 Å². The van der Waals surface area contributed by atoms with Crippen LogP contribution in [0.5, 0.6) is 0 Å². The quantitative estimate of drug-likeness (QED) is 0.647. The molecule has 23 heavy (non-hydrogen) atoms. The van der Waals surface area contributed by atoms with Crippen molar-refractivity contribution in [2.45, 2.75) is 52.7 Å². The van der Waals surface area contributed by atoms with Gasteiger partial charge in [0.2, 0.25) is 0 Å². The average Bonchev–Trinajstić information content (AvgIpc) is 2.75. The lowest BCUT2D eigenvalue weighted by atomic mass is 10.2. The maximum atomic E-state index is 12.0. The van der Waals surface area contributed by atoms with E-state index < -0.39 is 5.60 Å². The molecule has 1 N–H and O–H groups in total. The molecule has 0 radical (unpaired) electrons. The van der Waals surface area contributed by atoms with E-state index in [1.165, 1.54) is 11.3 Å². The van der Waals surface area contributed by atoms with E-state index in [0.717, 1.165) is 22.9 Å². The summed E-state index contributed by atoms with van der Waals surface area (Å²) in [6.45, 7) is 11.7. The molecule has 1 heterocycles. The Morgan fingerprint density at radius 1 is 1.43 bits per heavy atom. The van der Waals surface area contributed by atoms with Gasteiger partial charge >= 0.3 is 6.09 Å². The van der Waals surface area contributed by atoms with Crippen molar-refractivity contribution < 1.29 is 9.53 Å². The van der Waals surface area contributed by atoms with Gasteiger partial charge in [0.15, 0.2) is 0 Å². The van der Waals surface area contributed by atoms with Gasteiger partial charge in [-0.15, -0.1) is 11.3 Å². The van der Waals surface area contributed by atoms with Crippen LogP contribution in [0.3, 0.4) is 0 Å². The molecule has 4 nitrogen and oxygen atoms in total. The molecule has 0 fully saturated rings. The summed E-state index contributed by atoms with van der Waals surface area (Å²) >= 11 is 13.5. The van der Waals surface area contributed by atoms with Gasteiger partial charge < -0.3 is 15.0 Å². The van der Waals surface area contributed by atoms with Crippen molar-refractivity contribution in [1.29, 1.82) is 0 Å². The van der Waals surface area contributed by atoms with Crippen LogP contribution < -0.4 is 5.32 Å². The molecule has 0 aliphatic heterocycles. The van der Waals surface area contributed by atoms with Crippen LogP contribution in [0.15, 0.2) is 6.07 Å². The van der Waals surface area contributed by atoms with Gasteiger partial charge in [0.25, 0.3) is 0 Å². The zero-order valence-electron chi connectivity index (χ0n) is 14.4. The zero-order chi connectivity index (χ0) is 17.6. The molecule has 0 bridgehead atoms. The van der Waals surface area contributed by atoms with E-state index in [-0.39, 0.29) is 12.1 Å². The molecule has 1 aromatic heterocycles. The largest absolute Gasteiger partial charge is 0.444 e. The number of thiophene rings is 1. The summed E-state index contributed by atoms with van der Waals surface area (Å²) in [6, 6.07) is 2.02. The molecule has 1 aromatic rings. The number of hydrogen-bond donors (Lipinski definition) is 1. The van der Waals surface area contributed by atoms with E-state index in [0.29, 0.717) is 17.4 Å². The van der Waals surface area contributed by atoms with Crippen LogP contribution in [0.4, 0.5) is 4.79 Å². The minimum absolute atomic E-state index is 0.128. The number of amides is 1. The first-order chi connectivity index (χ1) is 10.6. The van der Waals surface area contributed by atoms with Crippen molar-refractivity contribution >= 4 is 40.6 Å². The van der Waals surface area contributed by atoms with Gasteiger partial charge in [-0.3, -0.25) is 0 Å². The number of nitrogens with zero attached hydrogens (tertiary/aromatic N) is 1. The van der Waals surface area contributed by atoms with Gasteiger partial charge in [0.1, 0.15) is 5.60 Å². The van der Waals surface area contributed by atoms with Crippen LogP contribution in [-0.4, -0.2) is 36.2 Å². The smallest absolute Gasteiger partial charge is 0.410 e. The van der Waals surface area contributed by atoms with Crippen molar-refractivity contribution in [3.05, 3.63) is 20.3 Å². The van der Waals surface area contributed by atoms with Crippen molar-refractivity contribution in [3.8, 4) is 0 Å². The normalized spacial score (nSPS) is 13.0. The SMILES string of the molecule is CCN(CCCNC(C)c1cc(Cl)sc1Cl)C(=O)OC(C)(C)C. The first-order valence-corrected chi connectivity index (χ1v) is 9.37. The molecular weight excluding hydrogens is 355 g/mol. The van der Waals surface area contributed by atoms with Gasteiger partial charge in [0.05, 0.1) is 8.67 Å². The third-order valence-corrected chi connectivity index (χ3v) is 4.76. The van der Waals surface area contributed by atoms with E-state index in [9.17, 15) is 4.79 Å². The van der Waals surface area contributed by atoms with Crippen LogP contribution in [0.25, 0.3) is 0 Å². The fraction of sp³-hybridized carbons (Fsp3) is 0.688. The Balaban J connectivity index is 2.37. The van der Waals surface area contributed by atoms with Crippen LogP contribution in [0.2, 0.25) is 8.67 Å². The highest BCUT2D eigenvalue weighted by Gasteiger charge is 2.20. The van der Waals surface area contributed by atoms with E-state index in [1.54, 1.807) is 4.90 Å². The Bertz CT molecular complexity index is 515. The monoisotopic (exact) mass is 380 g/mol. The number of carbonyl (C=O) groups is 1. The Morgan fingerprint density at radius 2 is 2.09 bits per heavy atom. The van der Waals surface area contributed by atoms with Crippen molar-refractivity contribution in [2.24, 2.45) is 0 Å². The van der Waals surface area contributed by atoms with Crippen molar-refractivity contribution in [3.63, 3.8) is 0 Å². The summed E-state index contributed by atoms with van der Waals surface area (Å²) in [6.07, 6.45) is 0.577. The molecule has 0 aliphatic carbocycles. The van der Waals surface area contributed by atoms with E-state index in [1.807, 2.05) is 33.8 Å². The number of halogens is 2. The summed E-state index contributed by atoms with van der Waals surface area (Å²) < 4.78 is 6.81. The Hall–Kier alpha value is -0.490. The third-order valence-electron chi connectivity index (χ3n) is 3.24. The van der Waals surface area contributed by atoms with Gasteiger partial charge in [-0.05, 0) is 59.2 Å². The fourth-order valence-corrected chi connectivity index (χ4v) is 3.70. The number of nitrogens with one attached hydrogen (secondary N) is 1. The van der Waals surface area contributed by atoms with Crippen LogP contribution in [0.1, 0.15) is 52.6 Å². The van der Waals surface area contributed by atoms with Crippen LogP contribution in [0, 0.1) is 0 Å². The first kappa shape index (κ1) is 20.6. The minimum atomic E-state index is -0.466. The molecule has 0 spiro atoms. The second kappa shape index (κ2) is 9.11. The van der Waals surface area contributed by atoms with Crippen molar-refractivity contribution in [2.75, 3.05) is 19.6 Å². The first-order valence-electron chi connectivity index (χ1n) is 7.80. The molecule has 0 aromatic carbocycles. The molecule has 0 aliphatic rings. The standard InChI is InChI=1S/C16H26Cl2N2O2S/c1-6-20(15(21)22-16(3,4)5)9-7-8-19-11(2)12-10-13(17)23-14(12)18/h10-11,19H,6-9H2,1-5H3. The minimum Gasteiger partial charge on any atom is -0.444 e. The highest BCUT2D eigenvalue weighted by molar-refractivity contribution is 7.20. The second-order valence-corrected chi connectivity index (χ2v) is 8.65. The molecule has 7 heteroatoms. The lowest BCUT2D eigenvalue weighted by molar-refractivity contribution is 0.0258. The second-order valence-electron chi connectivity index (χ2n) is 6.37. The predicted molar refractivity (Wildman–Crippen MR) is 98.9 cm³/mol. The molecule has 1 unspecified atom stereocenters. The lowest BCUT2D eigenvalue weighted by Crippen LogP contribution is -2.38. The molecular formula is C16H26Cl2N2O2S. The predicted octanol–water partition coefficient (Wildman–Crippen LogP) is 5.35. The van der Waals surface area contributed by atoms with Gasteiger partial charge in [-0.1, -0.05) is 23.2 Å². The Kier molecular flexibility index (Phi) is 8.14. The van der Waals surface area contributed by atoms with Crippen molar-refractivity contribution in [1.82, 2.24) is 10.2 Å². The number of carbonyl (C=O) groups excluding carboxylic acids is 1. The van der Waals surface area contributed by atoms with E-state index in [4.69, 9.17) is 27.9 Å². The molecule has 132 valence electrons. The summed E-state index contributed by atoms with van der Waals surface area (Å²) in [5.41, 5.74) is 0.549. The van der Waals surface area contributed by atoms with Gasteiger partial charge in [0, 0.05) is 19.1 Å². The lowest BCUT2D eigenvalue weighted by Gasteiger charge is -2.26. The number of ether oxygens (including phenoxy) is 1. The zero-order valence-corrected chi connectivity index (χ0v) is 16.7. The van der Waals surface area contributed by atoms with E-state index >= 15 is 0 Å². The highest BCUT2D eigenvalue weighted by atomic mass is 35.5. The Labute approximate surface area is 153 Å². The van der Waals surface area contributed by atoms with E-state index in [2.05, 4.69) is 12.2 Å².